The van der Waals surface area contributed by atoms with Crippen LogP contribution in [0.25, 0.3) is 0 Å². The van der Waals surface area contributed by atoms with Crippen LogP contribution in [-0.4, -0.2) is 23.5 Å². The molecule has 0 aromatic heterocycles. The lowest BCUT2D eigenvalue weighted by atomic mass is 9.76. The largest absolute Gasteiger partial charge is 0.282 e. The van der Waals surface area contributed by atoms with Gasteiger partial charge < -0.3 is 0 Å². The van der Waals surface area contributed by atoms with E-state index in [0.717, 1.165) is 18.7 Å². The molecule has 1 saturated heterocycles. The second kappa shape index (κ2) is 3.95. The lowest BCUT2D eigenvalue weighted by Crippen LogP contribution is -2.41. The number of rotatable bonds is 1. The summed E-state index contributed by atoms with van der Waals surface area (Å²) in [6, 6.07) is 0. The Morgan fingerprint density at radius 3 is 3.00 bits per heavy atom. The van der Waals surface area contributed by atoms with Gasteiger partial charge in [0, 0.05) is 12.5 Å². The Bertz CT molecular complexity index is 333. The number of hydrogen-bond donors (Lipinski definition) is 1. The number of fused-ring (bicyclic) bond motifs is 1. The summed E-state index contributed by atoms with van der Waals surface area (Å²) in [5.41, 5.74) is 4.46. The van der Waals surface area contributed by atoms with E-state index in [-0.39, 0.29) is 5.54 Å². The van der Waals surface area contributed by atoms with E-state index in [1.807, 2.05) is 0 Å². The third kappa shape index (κ3) is 1.76. The van der Waals surface area contributed by atoms with Crippen molar-refractivity contribution in [3.05, 3.63) is 11.1 Å². The Kier molecular flexibility index (Phi) is 2.95. The van der Waals surface area contributed by atoms with Crippen LogP contribution in [0.2, 0.25) is 0 Å². The average Bonchev–Trinajstić information content (AvgIpc) is 2.26. The number of dihydropyridines is 1. The van der Waals surface area contributed by atoms with Gasteiger partial charge in [0.2, 0.25) is 0 Å². The highest BCUT2D eigenvalue weighted by atomic mass is 32.2. The Balaban J connectivity index is 2.41. The minimum Gasteiger partial charge on any atom is -0.282 e. The van der Waals surface area contributed by atoms with E-state index in [2.05, 4.69) is 32.4 Å². The molecule has 0 aromatic rings. The van der Waals surface area contributed by atoms with Crippen molar-refractivity contribution in [1.82, 2.24) is 4.72 Å². The van der Waals surface area contributed by atoms with E-state index < -0.39 is 0 Å². The zero-order chi connectivity index (χ0) is 11.1. The van der Waals surface area contributed by atoms with Gasteiger partial charge in [-0.2, -0.15) is 0 Å². The molecule has 0 aliphatic carbocycles. The molecule has 0 bridgehead atoms. The summed E-state index contributed by atoms with van der Waals surface area (Å²) in [6.07, 6.45) is 1.13. The van der Waals surface area contributed by atoms with E-state index in [1.165, 1.54) is 16.9 Å². The molecule has 1 fully saturated rings. The molecule has 2 heterocycles. The third-order valence-electron chi connectivity index (χ3n) is 4.07. The van der Waals surface area contributed by atoms with Crippen molar-refractivity contribution in [2.24, 2.45) is 10.9 Å². The van der Waals surface area contributed by atoms with Crippen LogP contribution < -0.4 is 4.72 Å². The van der Waals surface area contributed by atoms with Crippen LogP contribution in [0.15, 0.2) is 16.1 Å². The van der Waals surface area contributed by atoms with E-state index >= 15 is 0 Å². The lowest BCUT2D eigenvalue weighted by molar-refractivity contribution is 0.341. The van der Waals surface area contributed by atoms with Gasteiger partial charge in [0.05, 0.1) is 17.0 Å². The van der Waals surface area contributed by atoms with Crippen LogP contribution in [0.4, 0.5) is 0 Å². The molecule has 0 aromatic carbocycles. The van der Waals surface area contributed by atoms with E-state index in [1.54, 1.807) is 11.9 Å². The zero-order valence-corrected chi connectivity index (χ0v) is 10.9. The quantitative estimate of drug-likeness (QED) is 0.693. The van der Waals surface area contributed by atoms with Crippen LogP contribution in [0.1, 0.15) is 34.1 Å². The first-order valence-electron chi connectivity index (χ1n) is 5.72. The van der Waals surface area contributed by atoms with Crippen LogP contribution in [0, 0.1) is 5.92 Å². The molecule has 0 saturated carbocycles. The zero-order valence-electron chi connectivity index (χ0n) is 10.1. The van der Waals surface area contributed by atoms with Gasteiger partial charge in [-0.15, -0.1) is 0 Å². The van der Waals surface area contributed by atoms with Crippen molar-refractivity contribution in [2.45, 2.75) is 39.7 Å². The fourth-order valence-corrected chi connectivity index (χ4v) is 3.14. The molecule has 2 aliphatic heterocycles. The second-order valence-corrected chi connectivity index (χ2v) is 5.63. The van der Waals surface area contributed by atoms with Gasteiger partial charge in [-0.05, 0) is 25.8 Å². The van der Waals surface area contributed by atoms with Crippen molar-refractivity contribution in [2.75, 3.05) is 12.3 Å². The summed E-state index contributed by atoms with van der Waals surface area (Å²) in [4.78, 5) is 4.98. The first kappa shape index (κ1) is 11.2. The molecule has 3 heteroatoms. The highest BCUT2D eigenvalue weighted by Crippen LogP contribution is 2.38. The van der Waals surface area contributed by atoms with Crippen LogP contribution in [0.3, 0.4) is 0 Å². The van der Waals surface area contributed by atoms with Crippen molar-refractivity contribution < 1.29 is 0 Å². The number of hydrogen-bond acceptors (Lipinski definition) is 3. The maximum atomic E-state index is 4.98. The molecule has 84 valence electrons. The van der Waals surface area contributed by atoms with Crippen molar-refractivity contribution >= 4 is 17.7 Å². The molecule has 2 nitrogen and oxygen atoms in total. The SMILES string of the molecule is CCC1(C)N=C2CSNCC2=C(C)C1C. The standard InChI is InChI=1S/C12H20N2S/c1-5-12(4)9(3)8(2)10-6-13-15-7-11(10)14-12/h9,13H,5-7H2,1-4H3. The number of nitrogens with one attached hydrogen (secondary N) is 1. The summed E-state index contributed by atoms with van der Waals surface area (Å²) in [6.45, 7) is 10.1. The van der Waals surface area contributed by atoms with E-state index in [0.29, 0.717) is 5.92 Å². The molecule has 0 amide bonds. The van der Waals surface area contributed by atoms with Crippen molar-refractivity contribution in [1.29, 1.82) is 0 Å². The van der Waals surface area contributed by atoms with Crippen molar-refractivity contribution in [3.63, 3.8) is 0 Å². The van der Waals surface area contributed by atoms with Crippen LogP contribution in [-0.2, 0) is 0 Å². The molecule has 15 heavy (non-hydrogen) atoms. The van der Waals surface area contributed by atoms with Gasteiger partial charge in [0.15, 0.2) is 0 Å². The number of nitrogens with zero attached hydrogens (tertiary/aromatic N) is 1. The minimum absolute atomic E-state index is 0.126. The molecule has 1 N–H and O–H groups in total. The summed E-state index contributed by atoms with van der Waals surface area (Å²) in [5.74, 6) is 1.60. The molecule has 2 atom stereocenters. The molecule has 2 aliphatic rings. The van der Waals surface area contributed by atoms with Crippen molar-refractivity contribution in [3.8, 4) is 0 Å². The topological polar surface area (TPSA) is 24.4 Å². The van der Waals surface area contributed by atoms with Gasteiger partial charge in [0.25, 0.3) is 0 Å². The minimum atomic E-state index is 0.126. The van der Waals surface area contributed by atoms with Gasteiger partial charge in [-0.1, -0.05) is 31.4 Å². The van der Waals surface area contributed by atoms with E-state index in [4.69, 9.17) is 4.99 Å². The van der Waals surface area contributed by atoms with Gasteiger partial charge >= 0.3 is 0 Å². The average molecular weight is 224 g/mol. The molecule has 0 radical (unpaired) electrons. The van der Waals surface area contributed by atoms with Gasteiger partial charge in [-0.3, -0.25) is 9.71 Å². The predicted molar refractivity (Wildman–Crippen MR) is 68.5 cm³/mol. The first-order valence-corrected chi connectivity index (χ1v) is 6.70. The molecular weight excluding hydrogens is 204 g/mol. The Morgan fingerprint density at radius 2 is 2.33 bits per heavy atom. The predicted octanol–water partition coefficient (Wildman–Crippen LogP) is 2.81. The third-order valence-corrected chi connectivity index (χ3v) is 4.84. The smallest absolute Gasteiger partial charge is 0.0643 e. The fourth-order valence-electron chi connectivity index (χ4n) is 2.42. The molecule has 2 unspecified atom stereocenters. The maximum absolute atomic E-state index is 4.98. The summed E-state index contributed by atoms with van der Waals surface area (Å²) in [7, 11) is 0. The maximum Gasteiger partial charge on any atom is 0.0643 e. The molecule has 0 spiro atoms. The summed E-state index contributed by atoms with van der Waals surface area (Å²) >= 11 is 1.78. The highest BCUT2D eigenvalue weighted by molar-refractivity contribution is 7.98. The Labute approximate surface area is 96.8 Å². The van der Waals surface area contributed by atoms with Gasteiger partial charge in [0.1, 0.15) is 0 Å². The van der Waals surface area contributed by atoms with Crippen LogP contribution in [0.5, 0.6) is 0 Å². The lowest BCUT2D eigenvalue weighted by Gasteiger charge is -2.39. The van der Waals surface area contributed by atoms with Gasteiger partial charge in [-0.25, -0.2) is 0 Å². The molecule has 2 rings (SSSR count). The Hall–Kier alpha value is -0.280. The first-order chi connectivity index (χ1) is 7.08. The highest BCUT2D eigenvalue weighted by Gasteiger charge is 2.36. The normalized spacial score (nSPS) is 36.3. The summed E-state index contributed by atoms with van der Waals surface area (Å²) in [5, 5.41) is 0. The second-order valence-electron chi connectivity index (χ2n) is 4.76. The number of aliphatic imine (C=N–C) groups is 1. The Morgan fingerprint density at radius 1 is 1.60 bits per heavy atom. The van der Waals surface area contributed by atoms with E-state index in [9.17, 15) is 0 Å². The summed E-state index contributed by atoms with van der Waals surface area (Å²) < 4.78 is 3.36. The van der Waals surface area contributed by atoms with Crippen LogP contribution >= 0.6 is 11.9 Å². The molecular formula is C12H20N2S. The fraction of sp³-hybridized carbons (Fsp3) is 0.750. The monoisotopic (exact) mass is 224 g/mol.